The number of rotatable bonds is 4. The fraction of sp³-hybridized carbons (Fsp3) is 0.148. The Hall–Kier alpha value is -3.99. The third kappa shape index (κ3) is 3.42. The van der Waals surface area contributed by atoms with Gasteiger partial charge in [-0.05, 0) is 49.2 Å². The first-order valence-corrected chi connectivity index (χ1v) is 10.7. The van der Waals surface area contributed by atoms with E-state index in [1.54, 1.807) is 28.7 Å². The van der Waals surface area contributed by atoms with E-state index in [1.807, 2.05) is 73.7 Å². The summed E-state index contributed by atoms with van der Waals surface area (Å²) >= 11 is 0. The molecule has 3 aromatic carbocycles. The second kappa shape index (κ2) is 7.93. The highest BCUT2D eigenvalue weighted by Crippen LogP contribution is 2.37. The molecular formula is C27H23N3O2. The maximum Gasteiger partial charge on any atom is 0.261 e. The van der Waals surface area contributed by atoms with Gasteiger partial charge in [0.2, 0.25) is 0 Å². The number of hydrogen-bond acceptors (Lipinski definition) is 3. The van der Waals surface area contributed by atoms with Crippen LogP contribution in [0.15, 0.2) is 77.6 Å². The predicted octanol–water partition coefficient (Wildman–Crippen LogP) is 4.46. The average molecular weight is 422 g/mol. The van der Waals surface area contributed by atoms with E-state index in [4.69, 9.17) is 4.98 Å². The number of carbonyl (C=O) groups excluding carboxylic acids is 1. The van der Waals surface area contributed by atoms with Crippen LogP contribution in [0.3, 0.4) is 0 Å². The van der Waals surface area contributed by atoms with E-state index in [1.165, 1.54) is 0 Å². The summed E-state index contributed by atoms with van der Waals surface area (Å²) in [6.45, 7) is 2.48. The summed E-state index contributed by atoms with van der Waals surface area (Å²) in [5.41, 5.74) is 5.04. The number of para-hydroxylation sites is 1. The van der Waals surface area contributed by atoms with E-state index in [0.29, 0.717) is 35.3 Å². The number of nitrogens with zero attached hydrogens (tertiary/aromatic N) is 3. The van der Waals surface area contributed by atoms with Gasteiger partial charge >= 0.3 is 0 Å². The number of fused-ring (bicyclic) bond motifs is 2. The molecule has 5 rings (SSSR count). The number of hydrogen-bond donors (Lipinski definition) is 0. The van der Waals surface area contributed by atoms with E-state index in [9.17, 15) is 9.59 Å². The van der Waals surface area contributed by atoms with E-state index in [2.05, 4.69) is 0 Å². The normalized spacial score (nSPS) is 14.4. The summed E-state index contributed by atoms with van der Waals surface area (Å²) < 4.78 is 1.68. The van der Waals surface area contributed by atoms with Gasteiger partial charge in [0, 0.05) is 19.2 Å². The van der Waals surface area contributed by atoms with Crippen LogP contribution in [-0.4, -0.2) is 22.5 Å². The highest BCUT2D eigenvalue weighted by Gasteiger charge is 2.30. The molecule has 158 valence electrons. The summed E-state index contributed by atoms with van der Waals surface area (Å²) in [5.74, 6) is 0.401. The van der Waals surface area contributed by atoms with E-state index < -0.39 is 0 Å². The molecule has 0 radical (unpaired) electrons. The van der Waals surface area contributed by atoms with Crippen molar-refractivity contribution in [2.75, 3.05) is 11.9 Å². The fourth-order valence-electron chi connectivity index (χ4n) is 4.23. The van der Waals surface area contributed by atoms with Gasteiger partial charge in [0.05, 0.1) is 22.2 Å². The van der Waals surface area contributed by atoms with Crippen LogP contribution in [0.2, 0.25) is 0 Å². The maximum absolute atomic E-state index is 13.4. The molecule has 1 aliphatic heterocycles. The summed E-state index contributed by atoms with van der Waals surface area (Å²) in [5, 5.41) is 0.578. The second-order valence-electron chi connectivity index (χ2n) is 8.12. The minimum Gasteiger partial charge on any atom is -0.311 e. The lowest BCUT2D eigenvalue weighted by atomic mass is 10.0. The van der Waals surface area contributed by atoms with Crippen molar-refractivity contribution in [3.05, 3.63) is 106 Å². The maximum atomic E-state index is 13.4. The van der Waals surface area contributed by atoms with E-state index in [-0.39, 0.29) is 11.5 Å². The van der Waals surface area contributed by atoms with Crippen LogP contribution in [0, 0.1) is 6.92 Å². The highest BCUT2D eigenvalue weighted by atomic mass is 16.2. The predicted molar refractivity (Wildman–Crippen MR) is 129 cm³/mol. The molecule has 0 N–H and O–H groups in total. The highest BCUT2D eigenvalue weighted by molar-refractivity contribution is 6.35. The smallest absolute Gasteiger partial charge is 0.261 e. The van der Waals surface area contributed by atoms with E-state index >= 15 is 0 Å². The Morgan fingerprint density at radius 2 is 1.69 bits per heavy atom. The van der Waals surface area contributed by atoms with Gasteiger partial charge in [-0.1, -0.05) is 54.1 Å². The fourth-order valence-corrected chi connectivity index (χ4v) is 4.23. The number of benzene rings is 3. The first kappa shape index (κ1) is 19.9. The van der Waals surface area contributed by atoms with Crippen molar-refractivity contribution in [2.24, 2.45) is 0 Å². The molecule has 0 unspecified atom stereocenters. The first-order chi connectivity index (χ1) is 15.5. The van der Waals surface area contributed by atoms with Gasteiger partial charge in [0.25, 0.3) is 11.5 Å². The van der Waals surface area contributed by atoms with Crippen molar-refractivity contribution in [3.8, 4) is 0 Å². The zero-order chi connectivity index (χ0) is 22.2. The Bertz CT molecular complexity index is 1430. The third-order valence-corrected chi connectivity index (χ3v) is 5.97. The molecule has 0 aliphatic carbocycles. The summed E-state index contributed by atoms with van der Waals surface area (Å²) in [6.07, 6.45) is 2.46. The minimum atomic E-state index is -0.0957. The van der Waals surface area contributed by atoms with Crippen LogP contribution in [0.4, 0.5) is 5.69 Å². The molecule has 5 heteroatoms. The standard InChI is InChI=1S/C27H23N3O2/c1-18-12-13-24-21(16-18)22(26(31)29(24)2)17-25-28-23-11-7-6-10-20(23)27(32)30(25)15-14-19-8-4-3-5-9-19/h3-13,16-17H,14-15H2,1-2H3/b22-17-. The van der Waals surface area contributed by atoms with Crippen molar-refractivity contribution < 1.29 is 4.79 Å². The molecule has 1 amide bonds. The van der Waals surface area contributed by atoms with Crippen LogP contribution in [0.25, 0.3) is 22.6 Å². The van der Waals surface area contributed by atoms with Crippen molar-refractivity contribution in [2.45, 2.75) is 19.9 Å². The third-order valence-electron chi connectivity index (χ3n) is 5.97. The number of anilines is 1. The van der Waals surface area contributed by atoms with E-state index in [0.717, 1.165) is 22.4 Å². The summed E-state index contributed by atoms with van der Waals surface area (Å²) in [7, 11) is 1.77. The molecular weight excluding hydrogens is 398 g/mol. The Morgan fingerprint density at radius 1 is 0.938 bits per heavy atom. The largest absolute Gasteiger partial charge is 0.311 e. The SMILES string of the molecule is Cc1ccc2c(c1)/C(=C/c1nc3ccccc3c(=O)n1CCc1ccccc1)C(=O)N2C. The molecule has 32 heavy (non-hydrogen) atoms. The van der Waals surface area contributed by atoms with Crippen molar-refractivity contribution in [3.63, 3.8) is 0 Å². The van der Waals surface area contributed by atoms with Gasteiger partial charge in [0.1, 0.15) is 5.82 Å². The van der Waals surface area contributed by atoms with Crippen LogP contribution in [0.5, 0.6) is 0 Å². The van der Waals surface area contributed by atoms with Crippen molar-refractivity contribution in [1.82, 2.24) is 9.55 Å². The van der Waals surface area contributed by atoms with Gasteiger partial charge in [-0.2, -0.15) is 0 Å². The van der Waals surface area contributed by atoms with Crippen LogP contribution in [-0.2, 0) is 17.8 Å². The number of amides is 1. The zero-order valence-electron chi connectivity index (χ0n) is 18.1. The first-order valence-electron chi connectivity index (χ1n) is 10.7. The molecule has 2 heterocycles. The Labute approximate surface area is 186 Å². The molecule has 0 fully saturated rings. The number of likely N-dealkylation sites (N-methyl/N-ethyl adjacent to an activating group) is 1. The zero-order valence-corrected chi connectivity index (χ0v) is 18.1. The van der Waals surface area contributed by atoms with Gasteiger partial charge in [-0.25, -0.2) is 4.98 Å². The lowest BCUT2D eigenvalue weighted by Gasteiger charge is -2.12. The minimum absolute atomic E-state index is 0.0948. The summed E-state index contributed by atoms with van der Waals surface area (Å²) in [4.78, 5) is 32.9. The molecule has 0 bridgehead atoms. The second-order valence-corrected chi connectivity index (χ2v) is 8.12. The number of aryl methyl sites for hydroxylation is 2. The molecule has 0 saturated carbocycles. The molecule has 0 saturated heterocycles. The molecule has 1 aliphatic rings. The Balaban J connectivity index is 1.67. The monoisotopic (exact) mass is 421 g/mol. The van der Waals surface area contributed by atoms with Gasteiger partial charge in [-0.15, -0.1) is 0 Å². The van der Waals surface area contributed by atoms with Gasteiger partial charge < -0.3 is 4.90 Å². The number of aromatic nitrogens is 2. The van der Waals surface area contributed by atoms with Crippen LogP contribution in [0.1, 0.15) is 22.5 Å². The van der Waals surface area contributed by atoms with Crippen molar-refractivity contribution >= 4 is 34.1 Å². The topological polar surface area (TPSA) is 55.2 Å². The molecule has 0 spiro atoms. The van der Waals surface area contributed by atoms with Crippen molar-refractivity contribution in [1.29, 1.82) is 0 Å². The van der Waals surface area contributed by atoms with Crippen LogP contribution >= 0.6 is 0 Å². The Kier molecular flexibility index (Phi) is 4.94. The van der Waals surface area contributed by atoms with Gasteiger partial charge in [-0.3, -0.25) is 14.2 Å². The summed E-state index contributed by atoms with van der Waals surface area (Å²) in [6, 6.07) is 23.4. The van der Waals surface area contributed by atoms with Gasteiger partial charge in [0.15, 0.2) is 0 Å². The molecule has 4 aromatic rings. The molecule has 1 aromatic heterocycles. The number of carbonyl (C=O) groups is 1. The Morgan fingerprint density at radius 3 is 2.50 bits per heavy atom. The molecule has 5 nitrogen and oxygen atoms in total. The lowest BCUT2D eigenvalue weighted by Crippen LogP contribution is -2.25. The quantitative estimate of drug-likeness (QED) is 0.457. The molecule has 0 atom stereocenters. The lowest BCUT2D eigenvalue weighted by molar-refractivity contribution is -0.112. The van der Waals surface area contributed by atoms with Crippen LogP contribution < -0.4 is 10.5 Å². The average Bonchev–Trinajstić information content (AvgIpc) is 3.03.